The molecule has 4 aromatic rings. The van der Waals surface area contributed by atoms with Gasteiger partial charge in [-0.2, -0.15) is 0 Å². The highest BCUT2D eigenvalue weighted by Gasteiger charge is 2.31. The number of fused-ring (bicyclic) bond motifs is 1. The van der Waals surface area contributed by atoms with Crippen molar-refractivity contribution in [2.75, 3.05) is 4.72 Å². The number of halogens is 3. The zero-order chi connectivity index (χ0) is 20.4. The molecule has 4 rings (SSSR count). The zero-order valence-electron chi connectivity index (χ0n) is 14.5. The van der Waals surface area contributed by atoms with E-state index in [-0.39, 0.29) is 5.75 Å². The van der Waals surface area contributed by atoms with Crippen molar-refractivity contribution in [3.05, 3.63) is 67.0 Å². The van der Waals surface area contributed by atoms with Crippen LogP contribution in [0.3, 0.4) is 0 Å². The lowest BCUT2D eigenvalue weighted by molar-refractivity contribution is -0.274. The highest BCUT2D eigenvalue weighted by molar-refractivity contribution is 7.86. The average molecular weight is 435 g/mol. The minimum Gasteiger partial charge on any atom is -0.406 e. The van der Waals surface area contributed by atoms with E-state index in [2.05, 4.69) is 19.4 Å². The van der Waals surface area contributed by atoms with Gasteiger partial charge in [0.2, 0.25) is 0 Å². The summed E-state index contributed by atoms with van der Waals surface area (Å²) in [6.45, 7) is 0. The molecule has 10 heteroatoms. The quantitative estimate of drug-likeness (QED) is 0.456. The van der Waals surface area contributed by atoms with Crippen LogP contribution in [0.25, 0.3) is 20.8 Å². The molecule has 2 aromatic carbocycles. The summed E-state index contributed by atoms with van der Waals surface area (Å²) in [6.07, 6.45) is -1.34. The molecule has 1 unspecified atom stereocenters. The van der Waals surface area contributed by atoms with Crippen molar-refractivity contribution in [1.82, 2.24) is 9.97 Å². The maximum atomic E-state index is 12.5. The number of nitrogens with zero attached hydrogens (tertiary/aromatic N) is 2. The van der Waals surface area contributed by atoms with Crippen LogP contribution in [-0.2, 0) is 11.0 Å². The molecule has 5 nitrogen and oxygen atoms in total. The van der Waals surface area contributed by atoms with Gasteiger partial charge in [0.1, 0.15) is 21.7 Å². The van der Waals surface area contributed by atoms with Crippen LogP contribution in [0.2, 0.25) is 0 Å². The number of thiazole rings is 1. The van der Waals surface area contributed by atoms with Crippen LogP contribution in [0.5, 0.6) is 5.75 Å². The van der Waals surface area contributed by atoms with E-state index in [1.54, 1.807) is 24.5 Å². The molecule has 1 atom stereocenters. The molecule has 0 fully saturated rings. The third-order valence-corrected chi connectivity index (χ3v) is 5.96. The molecule has 0 spiro atoms. The van der Waals surface area contributed by atoms with Crippen LogP contribution >= 0.6 is 11.3 Å². The number of benzene rings is 2. The zero-order valence-corrected chi connectivity index (χ0v) is 16.1. The molecule has 0 radical (unpaired) electrons. The number of aromatic nitrogens is 2. The Morgan fingerprint density at radius 2 is 1.86 bits per heavy atom. The Morgan fingerprint density at radius 1 is 1.07 bits per heavy atom. The van der Waals surface area contributed by atoms with Gasteiger partial charge in [0.25, 0.3) is 0 Å². The second-order valence-corrected chi connectivity index (χ2v) is 8.08. The molecule has 0 aliphatic carbocycles. The number of alkyl halides is 3. The van der Waals surface area contributed by atoms with Crippen LogP contribution in [0, 0.1) is 0 Å². The molecule has 0 saturated carbocycles. The van der Waals surface area contributed by atoms with Crippen LogP contribution in [0.4, 0.5) is 18.9 Å². The van der Waals surface area contributed by atoms with Gasteiger partial charge in [-0.15, -0.1) is 24.5 Å². The third-order valence-electron chi connectivity index (χ3n) is 3.78. The van der Waals surface area contributed by atoms with E-state index >= 15 is 0 Å². The maximum Gasteiger partial charge on any atom is 0.573 e. The summed E-state index contributed by atoms with van der Waals surface area (Å²) in [5.41, 5.74) is 2.29. The minimum atomic E-state index is -4.77. The molecular weight excluding hydrogens is 423 g/mol. The lowest BCUT2D eigenvalue weighted by Gasteiger charge is -2.10. The van der Waals surface area contributed by atoms with Crippen molar-refractivity contribution in [3.63, 3.8) is 0 Å². The van der Waals surface area contributed by atoms with Crippen molar-refractivity contribution < 1.29 is 22.1 Å². The minimum absolute atomic E-state index is 0.316. The predicted octanol–water partition coefficient (Wildman–Crippen LogP) is 5.39. The van der Waals surface area contributed by atoms with E-state index in [0.717, 1.165) is 32.9 Å². The lowest BCUT2D eigenvalue weighted by Crippen LogP contribution is -2.17. The molecule has 0 saturated heterocycles. The normalized spacial score (nSPS) is 12.7. The van der Waals surface area contributed by atoms with Gasteiger partial charge in [0.15, 0.2) is 0 Å². The summed E-state index contributed by atoms with van der Waals surface area (Å²) in [6, 6.07) is 14.0. The predicted molar refractivity (Wildman–Crippen MR) is 106 cm³/mol. The van der Waals surface area contributed by atoms with E-state index in [4.69, 9.17) is 0 Å². The Balaban J connectivity index is 1.51. The molecular formula is C19H12F3N3O2S2. The van der Waals surface area contributed by atoms with E-state index in [1.807, 2.05) is 18.2 Å². The number of hydrogen-bond acceptors (Lipinski definition) is 5. The first-order valence-electron chi connectivity index (χ1n) is 8.23. The summed E-state index contributed by atoms with van der Waals surface area (Å²) in [5.74, 6) is -0.370. The molecule has 148 valence electrons. The largest absolute Gasteiger partial charge is 0.573 e. The van der Waals surface area contributed by atoms with E-state index < -0.39 is 17.3 Å². The van der Waals surface area contributed by atoms with Crippen LogP contribution in [-0.4, -0.2) is 20.5 Å². The number of hydrogen-bond donors (Lipinski definition) is 1. The van der Waals surface area contributed by atoms with Gasteiger partial charge in [0, 0.05) is 23.6 Å². The second-order valence-electron chi connectivity index (χ2n) is 5.83. The van der Waals surface area contributed by atoms with Crippen molar-refractivity contribution in [2.24, 2.45) is 0 Å². The Labute approximate surface area is 169 Å². The summed E-state index contributed by atoms with van der Waals surface area (Å²) in [7, 11) is -1.66. The summed E-state index contributed by atoms with van der Waals surface area (Å²) in [5, 5.41) is 0.802. The summed E-state index contributed by atoms with van der Waals surface area (Å²) < 4.78 is 56.8. The van der Waals surface area contributed by atoms with Gasteiger partial charge in [-0.25, -0.2) is 9.19 Å². The topological polar surface area (TPSA) is 64.1 Å². The molecule has 2 aromatic heterocycles. The molecule has 0 bridgehead atoms. The lowest BCUT2D eigenvalue weighted by atomic mass is 10.2. The number of anilines is 1. The van der Waals surface area contributed by atoms with Gasteiger partial charge in [0.05, 0.1) is 15.1 Å². The number of nitrogens with one attached hydrogen (secondary N) is 1. The van der Waals surface area contributed by atoms with Crippen LogP contribution in [0.15, 0.2) is 71.9 Å². The van der Waals surface area contributed by atoms with Crippen molar-refractivity contribution in [2.45, 2.75) is 11.3 Å². The van der Waals surface area contributed by atoms with Crippen LogP contribution < -0.4 is 9.46 Å². The molecule has 0 amide bonds. The Hall–Kier alpha value is -2.98. The van der Waals surface area contributed by atoms with Gasteiger partial charge in [-0.3, -0.25) is 4.98 Å². The summed E-state index contributed by atoms with van der Waals surface area (Å²) >= 11 is 1.50. The van der Waals surface area contributed by atoms with E-state index in [1.165, 1.54) is 23.5 Å². The second kappa shape index (κ2) is 7.80. The van der Waals surface area contributed by atoms with Gasteiger partial charge >= 0.3 is 6.36 Å². The fourth-order valence-electron chi connectivity index (χ4n) is 2.55. The number of ether oxygens (including phenoxy) is 1. The van der Waals surface area contributed by atoms with Crippen molar-refractivity contribution in [3.8, 4) is 16.3 Å². The molecule has 0 aliphatic heterocycles. The van der Waals surface area contributed by atoms with Crippen molar-refractivity contribution >= 4 is 38.2 Å². The highest BCUT2D eigenvalue weighted by Crippen LogP contribution is 2.31. The van der Waals surface area contributed by atoms with Crippen molar-refractivity contribution in [1.29, 1.82) is 0 Å². The van der Waals surface area contributed by atoms with Crippen LogP contribution in [0.1, 0.15) is 0 Å². The smallest absolute Gasteiger partial charge is 0.406 e. The SMILES string of the molecule is O=S(Nc1cccc(-c2nc3ccncc3s2)c1)c1ccc(OC(F)(F)F)cc1. The molecule has 0 aliphatic rings. The number of rotatable bonds is 5. The Kier molecular flexibility index (Phi) is 5.20. The molecule has 2 heterocycles. The highest BCUT2D eigenvalue weighted by atomic mass is 32.2. The Bertz CT molecular complexity index is 1140. The fourth-order valence-corrected chi connectivity index (χ4v) is 4.32. The maximum absolute atomic E-state index is 12.5. The van der Waals surface area contributed by atoms with E-state index in [9.17, 15) is 17.4 Å². The fraction of sp³-hybridized carbons (Fsp3) is 0.0526. The Morgan fingerprint density at radius 3 is 2.59 bits per heavy atom. The molecule has 29 heavy (non-hydrogen) atoms. The number of pyridine rings is 1. The third kappa shape index (κ3) is 4.72. The van der Waals surface area contributed by atoms with Gasteiger partial charge in [-0.05, 0) is 42.5 Å². The van der Waals surface area contributed by atoms with E-state index in [0.29, 0.717) is 10.6 Å². The average Bonchev–Trinajstić information content (AvgIpc) is 3.12. The monoisotopic (exact) mass is 435 g/mol. The first-order valence-corrected chi connectivity index (χ1v) is 10.2. The van der Waals surface area contributed by atoms with Gasteiger partial charge < -0.3 is 9.46 Å². The molecule has 1 N–H and O–H groups in total. The summed E-state index contributed by atoms with van der Waals surface area (Å²) in [4.78, 5) is 8.97. The first-order chi connectivity index (χ1) is 13.9. The first kappa shape index (κ1) is 19.3. The standard InChI is InChI=1S/C19H12F3N3O2S2/c20-19(21,22)27-14-4-6-15(7-5-14)29(26)25-13-3-1-2-12(10-13)18-24-16-8-9-23-11-17(16)28-18/h1-11,25H. The van der Waals surface area contributed by atoms with Gasteiger partial charge in [-0.1, -0.05) is 12.1 Å².